The molecule has 0 saturated carbocycles. The normalized spacial score (nSPS) is 16.0. The van der Waals surface area contributed by atoms with Crippen LogP contribution in [-0.2, 0) is 16.6 Å². The zero-order valence-electron chi connectivity index (χ0n) is 10.4. The molecular formula is C12H8N2O6S. The van der Waals surface area contributed by atoms with E-state index in [2.05, 4.69) is 4.98 Å². The number of aromatic nitrogens is 1. The Morgan fingerprint density at radius 1 is 1.33 bits per heavy atom. The van der Waals surface area contributed by atoms with Gasteiger partial charge in [-0.05, 0) is 24.3 Å². The van der Waals surface area contributed by atoms with Gasteiger partial charge in [0.2, 0.25) is 5.76 Å². The molecular weight excluding hydrogens is 300 g/mol. The SMILES string of the molecule is O=C(O)c1ccc(CN2C(=O)c3cccnc3S2(=O)=O)o1. The van der Waals surface area contributed by atoms with Crippen molar-refractivity contribution in [3.8, 4) is 0 Å². The van der Waals surface area contributed by atoms with Crippen LogP contribution in [0, 0.1) is 0 Å². The summed E-state index contributed by atoms with van der Waals surface area (Å²) >= 11 is 0. The van der Waals surface area contributed by atoms with Crippen LogP contribution >= 0.6 is 0 Å². The Kier molecular flexibility index (Phi) is 2.80. The molecule has 0 saturated heterocycles. The third-order valence-electron chi connectivity index (χ3n) is 2.93. The van der Waals surface area contributed by atoms with Crippen molar-refractivity contribution in [2.24, 2.45) is 0 Å². The van der Waals surface area contributed by atoms with E-state index < -0.39 is 21.9 Å². The van der Waals surface area contributed by atoms with Crippen LogP contribution in [0.1, 0.15) is 26.7 Å². The van der Waals surface area contributed by atoms with Crippen LogP contribution in [0.2, 0.25) is 0 Å². The van der Waals surface area contributed by atoms with Gasteiger partial charge in [0.1, 0.15) is 5.76 Å². The molecule has 21 heavy (non-hydrogen) atoms. The van der Waals surface area contributed by atoms with Crippen molar-refractivity contribution in [3.63, 3.8) is 0 Å². The van der Waals surface area contributed by atoms with E-state index >= 15 is 0 Å². The molecule has 9 heteroatoms. The summed E-state index contributed by atoms with van der Waals surface area (Å²) < 4.78 is 30.0. The number of nitrogens with zero attached hydrogens (tertiary/aromatic N) is 2. The fraction of sp³-hybridized carbons (Fsp3) is 0.0833. The highest BCUT2D eigenvalue weighted by atomic mass is 32.2. The third kappa shape index (κ3) is 1.98. The van der Waals surface area contributed by atoms with Crippen molar-refractivity contribution in [2.45, 2.75) is 11.6 Å². The Morgan fingerprint density at radius 2 is 2.10 bits per heavy atom. The molecule has 2 aromatic heterocycles. The highest BCUT2D eigenvalue weighted by Crippen LogP contribution is 2.29. The van der Waals surface area contributed by atoms with Crippen molar-refractivity contribution in [1.82, 2.24) is 9.29 Å². The molecule has 1 N–H and O–H groups in total. The smallest absolute Gasteiger partial charge is 0.371 e. The maximum Gasteiger partial charge on any atom is 0.371 e. The fourth-order valence-corrected chi connectivity index (χ4v) is 3.43. The van der Waals surface area contributed by atoms with E-state index in [9.17, 15) is 18.0 Å². The molecule has 0 bridgehead atoms. The number of rotatable bonds is 3. The predicted molar refractivity (Wildman–Crippen MR) is 67.0 cm³/mol. The van der Waals surface area contributed by atoms with Gasteiger partial charge in [-0.15, -0.1) is 0 Å². The topological polar surface area (TPSA) is 118 Å². The van der Waals surface area contributed by atoms with E-state index in [0.29, 0.717) is 4.31 Å². The number of carboxylic acid groups (broad SMARTS) is 1. The molecule has 8 nitrogen and oxygen atoms in total. The minimum Gasteiger partial charge on any atom is -0.475 e. The molecule has 0 unspecified atom stereocenters. The zero-order valence-corrected chi connectivity index (χ0v) is 11.2. The van der Waals surface area contributed by atoms with Crippen molar-refractivity contribution in [3.05, 3.63) is 47.5 Å². The first-order chi connectivity index (χ1) is 9.91. The van der Waals surface area contributed by atoms with Gasteiger partial charge in [-0.2, -0.15) is 8.42 Å². The summed E-state index contributed by atoms with van der Waals surface area (Å²) in [6, 6.07) is 5.33. The number of carbonyl (C=O) groups is 2. The number of aromatic carboxylic acids is 1. The van der Waals surface area contributed by atoms with Crippen molar-refractivity contribution in [2.75, 3.05) is 0 Å². The summed E-state index contributed by atoms with van der Waals surface area (Å²) in [5, 5.41) is 8.45. The van der Waals surface area contributed by atoms with Crippen LogP contribution in [0.5, 0.6) is 0 Å². The molecule has 3 heterocycles. The quantitative estimate of drug-likeness (QED) is 0.887. The molecule has 3 rings (SSSR count). The maximum atomic E-state index is 12.2. The van der Waals surface area contributed by atoms with Gasteiger partial charge >= 0.3 is 5.97 Å². The lowest BCUT2D eigenvalue weighted by atomic mass is 10.2. The van der Waals surface area contributed by atoms with E-state index in [4.69, 9.17) is 9.52 Å². The Hall–Kier alpha value is -2.68. The van der Waals surface area contributed by atoms with E-state index in [1.54, 1.807) is 0 Å². The molecule has 0 radical (unpaired) electrons. The molecule has 0 spiro atoms. The van der Waals surface area contributed by atoms with Gasteiger partial charge in [0.25, 0.3) is 15.9 Å². The predicted octanol–water partition coefficient (Wildman–Crippen LogP) is 0.718. The van der Waals surface area contributed by atoms with Crippen LogP contribution in [0.15, 0.2) is 39.9 Å². The average Bonchev–Trinajstić information content (AvgIpc) is 2.98. The third-order valence-corrected chi connectivity index (χ3v) is 4.62. The first-order valence-corrected chi connectivity index (χ1v) is 7.19. The highest BCUT2D eigenvalue weighted by Gasteiger charge is 2.42. The maximum absolute atomic E-state index is 12.2. The first kappa shape index (κ1) is 13.3. The first-order valence-electron chi connectivity index (χ1n) is 5.75. The zero-order chi connectivity index (χ0) is 15.2. The number of furan rings is 1. The van der Waals surface area contributed by atoms with Crippen LogP contribution in [0.3, 0.4) is 0 Å². The van der Waals surface area contributed by atoms with Crippen LogP contribution in [0.25, 0.3) is 0 Å². The fourth-order valence-electron chi connectivity index (χ4n) is 1.98. The van der Waals surface area contributed by atoms with Crippen LogP contribution in [0.4, 0.5) is 0 Å². The molecule has 1 aliphatic rings. The second-order valence-electron chi connectivity index (χ2n) is 4.24. The van der Waals surface area contributed by atoms with Gasteiger partial charge in [-0.1, -0.05) is 0 Å². The Morgan fingerprint density at radius 3 is 2.71 bits per heavy atom. The highest BCUT2D eigenvalue weighted by molar-refractivity contribution is 7.90. The summed E-state index contributed by atoms with van der Waals surface area (Å²) in [6.07, 6.45) is 1.28. The second-order valence-corrected chi connectivity index (χ2v) is 6.02. The van der Waals surface area contributed by atoms with Crippen LogP contribution < -0.4 is 0 Å². The molecule has 0 aliphatic carbocycles. The molecule has 0 atom stereocenters. The van der Waals surface area contributed by atoms with Crippen molar-refractivity contribution >= 4 is 21.9 Å². The molecule has 0 fully saturated rings. The van der Waals surface area contributed by atoms with Gasteiger partial charge in [-0.25, -0.2) is 14.1 Å². The standard InChI is InChI=1S/C12H8N2O6S/c15-11-8-2-1-5-13-10(8)21(18,19)14(11)6-7-3-4-9(20-7)12(16)17/h1-5H,6H2,(H,16,17). The number of fused-ring (bicyclic) bond motifs is 1. The number of hydrogen-bond donors (Lipinski definition) is 1. The Bertz CT molecular complexity index is 854. The van der Waals surface area contributed by atoms with Crippen molar-refractivity contribution in [1.29, 1.82) is 0 Å². The second kappa shape index (κ2) is 4.42. The average molecular weight is 308 g/mol. The number of carbonyl (C=O) groups excluding carboxylic acids is 1. The number of sulfonamides is 1. The number of hydrogen-bond acceptors (Lipinski definition) is 6. The van der Waals surface area contributed by atoms with Gasteiger partial charge in [-0.3, -0.25) is 4.79 Å². The molecule has 0 aromatic carbocycles. The summed E-state index contributed by atoms with van der Waals surface area (Å²) in [6.45, 7) is -0.384. The number of carboxylic acids is 1. The van der Waals surface area contributed by atoms with E-state index in [0.717, 1.165) is 0 Å². The largest absolute Gasteiger partial charge is 0.475 e. The van der Waals surface area contributed by atoms with Gasteiger partial charge in [0.05, 0.1) is 12.1 Å². The van der Waals surface area contributed by atoms with E-state index in [-0.39, 0.29) is 28.7 Å². The van der Waals surface area contributed by atoms with Gasteiger partial charge < -0.3 is 9.52 Å². The Labute approximate surface area is 118 Å². The number of amides is 1. The summed E-state index contributed by atoms with van der Waals surface area (Å²) in [5.41, 5.74) is -0.0116. The minimum absolute atomic E-state index is 0.0116. The van der Waals surface area contributed by atoms with Crippen molar-refractivity contribution < 1.29 is 27.5 Å². The molecule has 2 aromatic rings. The summed E-state index contributed by atoms with van der Waals surface area (Å²) in [4.78, 5) is 26.5. The van der Waals surface area contributed by atoms with E-state index in [1.165, 1.54) is 30.5 Å². The minimum atomic E-state index is -4.04. The molecule has 1 aliphatic heterocycles. The molecule has 108 valence electrons. The number of pyridine rings is 1. The lowest BCUT2D eigenvalue weighted by Crippen LogP contribution is -2.29. The van der Waals surface area contributed by atoms with E-state index in [1.807, 2.05) is 0 Å². The Balaban J connectivity index is 1.97. The van der Waals surface area contributed by atoms with Crippen LogP contribution in [-0.4, -0.2) is 34.7 Å². The molecule has 1 amide bonds. The lowest BCUT2D eigenvalue weighted by molar-refractivity contribution is 0.0659. The summed E-state index contributed by atoms with van der Waals surface area (Å²) in [7, 11) is -4.04. The lowest BCUT2D eigenvalue weighted by Gasteiger charge is -2.12. The summed E-state index contributed by atoms with van der Waals surface area (Å²) in [5.74, 6) is -2.27. The monoisotopic (exact) mass is 308 g/mol. The van der Waals surface area contributed by atoms with Gasteiger partial charge in [0.15, 0.2) is 5.03 Å². The van der Waals surface area contributed by atoms with Gasteiger partial charge in [0, 0.05) is 6.20 Å².